The van der Waals surface area contributed by atoms with Crippen LogP contribution in [0.15, 0.2) is 30.6 Å². The Kier molecular flexibility index (Phi) is 2.41. The van der Waals surface area contributed by atoms with Gasteiger partial charge in [0.25, 0.3) is 0 Å². The Balaban J connectivity index is 2.39. The van der Waals surface area contributed by atoms with Gasteiger partial charge in [-0.3, -0.25) is 9.36 Å². The standard InChI is InChI=1S/C11H12N2O2/c1-8(15-9(2)14)13-7-12-10-5-3-4-6-11(10)13/h3-8H,1-2H3. The predicted octanol–water partition coefficient (Wildman–Crippen LogP) is 2.12. The van der Waals surface area contributed by atoms with Crippen molar-refractivity contribution in [1.29, 1.82) is 0 Å². The van der Waals surface area contributed by atoms with Crippen LogP contribution in [0.1, 0.15) is 20.1 Å². The fourth-order valence-corrected chi connectivity index (χ4v) is 1.56. The van der Waals surface area contributed by atoms with E-state index in [1.54, 1.807) is 6.33 Å². The van der Waals surface area contributed by atoms with E-state index in [2.05, 4.69) is 4.98 Å². The minimum atomic E-state index is -0.324. The number of esters is 1. The molecule has 0 aliphatic carbocycles. The SMILES string of the molecule is CC(=O)OC(C)n1cnc2ccccc21. The molecular weight excluding hydrogens is 192 g/mol. The highest BCUT2D eigenvalue weighted by Crippen LogP contribution is 2.17. The van der Waals surface area contributed by atoms with Crippen molar-refractivity contribution < 1.29 is 9.53 Å². The number of hydrogen-bond donors (Lipinski definition) is 0. The van der Waals surface area contributed by atoms with Crippen molar-refractivity contribution in [3.8, 4) is 0 Å². The highest BCUT2D eigenvalue weighted by molar-refractivity contribution is 5.75. The van der Waals surface area contributed by atoms with Crippen LogP contribution in [0.25, 0.3) is 11.0 Å². The number of aromatic nitrogens is 2. The quantitative estimate of drug-likeness (QED) is 0.704. The Labute approximate surface area is 87.5 Å². The number of benzene rings is 1. The van der Waals surface area contributed by atoms with Crippen molar-refractivity contribution in [2.24, 2.45) is 0 Å². The molecule has 0 fully saturated rings. The molecule has 4 nitrogen and oxygen atoms in total. The van der Waals surface area contributed by atoms with E-state index in [-0.39, 0.29) is 12.2 Å². The van der Waals surface area contributed by atoms with E-state index in [0.29, 0.717) is 0 Å². The number of carbonyl (C=O) groups is 1. The van der Waals surface area contributed by atoms with Crippen LogP contribution in [0, 0.1) is 0 Å². The van der Waals surface area contributed by atoms with Gasteiger partial charge in [-0.15, -0.1) is 0 Å². The third-order valence-corrected chi connectivity index (χ3v) is 2.21. The van der Waals surface area contributed by atoms with Crippen molar-refractivity contribution in [2.45, 2.75) is 20.1 Å². The Morgan fingerprint density at radius 2 is 2.20 bits per heavy atom. The number of para-hydroxylation sites is 2. The second kappa shape index (κ2) is 3.73. The van der Waals surface area contributed by atoms with Gasteiger partial charge in [0.1, 0.15) is 0 Å². The molecule has 0 spiro atoms. The van der Waals surface area contributed by atoms with Gasteiger partial charge >= 0.3 is 5.97 Å². The summed E-state index contributed by atoms with van der Waals surface area (Å²) in [5.41, 5.74) is 1.86. The van der Waals surface area contributed by atoms with E-state index in [4.69, 9.17) is 4.74 Å². The molecule has 0 amide bonds. The number of fused-ring (bicyclic) bond motifs is 1. The van der Waals surface area contributed by atoms with Gasteiger partial charge in [0.15, 0.2) is 6.23 Å². The average Bonchev–Trinajstić information content (AvgIpc) is 2.59. The lowest BCUT2D eigenvalue weighted by Crippen LogP contribution is -2.11. The molecular formula is C11H12N2O2. The summed E-state index contributed by atoms with van der Waals surface area (Å²) in [5, 5.41) is 0. The molecule has 1 aromatic heterocycles. The fraction of sp³-hybridized carbons (Fsp3) is 0.273. The minimum Gasteiger partial charge on any atom is -0.442 e. The van der Waals surface area contributed by atoms with Crippen molar-refractivity contribution in [2.75, 3.05) is 0 Å². The van der Waals surface area contributed by atoms with Gasteiger partial charge in [-0.2, -0.15) is 0 Å². The molecule has 0 saturated heterocycles. The van der Waals surface area contributed by atoms with Crippen LogP contribution in [-0.2, 0) is 9.53 Å². The number of nitrogens with zero attached hydrogens (tertiary/aromatic N) is 2. The Morgan fingerprint density at radius 1 is 1.47 bits per heavy atom. The molecule has 0 bridgehead atoms. The van der Waals surface area contributed by atoms with Crippen LogP contribution >= 0.6 is 0 Å². The van der Waals surface area contributed by atoms with Crippen molar-refractivity contribution >= 4 is 17.0 Å². The first kappa shape index (κ1) is 9.71. The first-order valence-corrected chi connectivity index (χ1v) is 4.77. The monoisotopic (exact) mass is 204 g/mol. The zero-order chi connectivity index (χ0) is 10.8. The molecule has 0 aliphatic heterocycles. The zero-order valence-electron chi connectivity index (χ0n) is 8.68. The molecule has 78 valence electrons. The van der Waals surface area contributed by atoms with Gasteiger partial charge in [0, 0.05) is 6.92 Å². The average molecular weight is 204 g/mol. The van der Waals surface area contributed by atoms with E-state index in [0.717, 1.165) is 11.0 Å². The maximum Gasteiger partial charge on any atom is 0.304 e. The number of carbonyl (C=O) groups excluding carboxylic acids is 1. The molecule has 0 saturated carbocycles. The highest BCUT2D eigenvalue weighted by Gasteiger charge is 2.10. The molecule has 0 radical (unpaired) electrons. The summed E-state index contributed by atoms with van der Waals surface area (Å²) in [7, 11) is 0. The van der Waals surface area contributed by atoms with E-state index < -0.39 is 0 Å². The van der Waals surface area contributed by atoms with Crippen molar-refractivity contribution in [3.63, 3.8) is 0 Å². The maximum atomic E-state index is 10.8. The summed E-state index contributed by atoms with van der Waals surface area (Å²) >= 11 is 0. The smallest absolute Gasteiger partial charge is 0.304 e. The van der Waals surface area contributed by atoms with Crippen LogP contribution in [0.4, 0.5) is 0 Å². The number of hydrogen-bond acceptors (Lipinski definition) is 3. The summed E-state index contributed by atoms with van der Waals surface area (Å²) in [6, 6.07) is 7.73. The maximum absolute atomic E-state index is 10.8. The number of imidazole rings is 1. The first-order chi connectivity index (χ1) is 7.18. The molecule has 2 aromatic rings. The molecule has 1 atom stereocenters. The molecule has 1 aromatic carbocycles. The summed E-state index contributed by atoms with van der Waals surface area (Å²) < 4.78 is 6.92. The molecule has 1 unspecified atom stereocenters. The normalized spacial score (nSPS) is 12.7. The number of rotatable bonds is 2. The molecule has 2 rings (SSSR count). The molecule has 4 heteroatoms. The lowest BCUT2D eigenvalue weighted by atomic mass is 10.3. The van der Waals surface area contributed by atoms with Crippen molar-refractivity contribution in [1.82, 2.24) is 9.55 Å². The van der Waals surface area contributed by atoms with E-state index in [1.807, 2.05) is 35.8 Å². The second-order valence-corrected chi connectivity index (χ2v) is 3.35. The largest absolute Gasteiger partial charge is 0.442 e. The van der Waals surface area contributed by atoms with Crippen LogP contribution in [-0.4, -0.2) is 15.5 Å². The van der Waals surface area contributed by atoms with Gasteiger partial charge in [0.05, 0.1) is 17.4 Å². The minimum absolute atomic E-state index is 0.291. The summed E-state index contributed by atoms with van der Waals surface area (Å²) in [4.78, 5) is 15.0. The molecule has 15 heavy (non-hydrogen) atoms. The van der Waals surface area contributed by atoms with Crippen LogP contribution in [0.3, 0.4) is 0 Å². The highest BCUT2D eigenvalue weighted by atomic mass is 16.6. The van der Waals surface area contributed by atoms with Gasteiger partial charge in [-0.1, -0.05) is 12.1 Å². The summed E-state index contributed by atoms with van der Waals surface area (Å²) in [6.07, 6.45) is 1.35. The van der Waals surface area contributed by atoms with E-state index >= 15 is 0 Å². The lowest BCUT2D eigenvalue weighted by molar-refractivity contribution is -0.149. The lowest BCUT2D eigenvalue weighted by Gasteiger charge is -2.13. The first-order valence-electron chi connectivity index (χ1n) is 4.77. The van der Waals surface area contributed by atoms with Gasteiger partial charge < -0.3 is 4.74 Å². The van der Waals surface area contributed by atoms with Crippen molar-refractivity contribution in [3.05, 3.63) is 30.6 Å². The Hall–Kier alpha value is -1.84. The topological polar surface area (TPSA) is 44.1 Å². The van der Waals surface area contributed by atoms with Crippen LogP contribution in [0.5, 0.6) is 0 Å². The van der Waals surface area contributed by atoms with Crippen LogP contribution in [0.2, 0.25) is 0 Å². The summed E-state index contributed by atoms with van der Waals surface area (Å²) in [6.45, 7) is 3.21. The predicted molar refractivity (Wildman–Crippen MR) is 56.2 cm³/mol. The third-order valence-electron chi connectivity index (χ3n) is 2.21. The van der Waals surface area contributed by atoms with Gasteiger partial charge in [-0.25, -0.2) is 4.98 Å². The molecule has 0 aliphatic rings. The van der Waals surface area contributed by atoms with Gasteiger partial charge in [0.2, 0.25) is 0 Å². The second-order valence-electron chi connectivity index (χ2n) is 3.35. The molecule has 0 N–H and O–H groups in total. The van der Waals surface area contributed by atoms with E-state index in [9.17, 15) is 4.79 Å². The van der Waals surface area contributed by atoms with Gasteiger partial charge in [-0.05, 0) is 19.1 Å². The van der Waals surface area contributed by atoms with Crippen LogP contribution < -0.4 is 0 Å². The van der Waals surface area contributed by atoms with E-state index in [1.165, 1.54) is 6.92 Å². The Morgan fingerprint density at radius 3 is 2.93 bits per heavy atom. The number of ether oxygens (including phenoxy) is 1. The zero-order valence-corrected chi connectivity index (χ0v) is 8.68. The fourth-order valence-electron chi connectivity index (χ4n) is 1.56. The Bertz CT molecular complexity index is 490. The molecule has 1 heterocycles. The third kappa shape index (κ3) is 1.83. The summed E-state index contributed by atoms with van der Waals surface area (Å²) in [5.74, 6) is -0.291.